The maximum atomic E-state index is 11.8. The summed E-state index contributed by atoms with van der Waals surface area (Å²) in [7, 11) is 0. The van der Waals surface area contributed by atoms with E-state index in [1.54, 1.807) is 0 Å². The predicted octanol–water partition coefficient (Wildman–Crippen LogP) is -2.15. The first-order valence-corrected chi connectivity index (χ1v) is 8.68. The third-order valence-electron chi connectivity index (χ3n) is 4.44. The molecule has 2 aliphatic heterocycles. The van der Waals surface area contributed by atoms with Gasteiger partial charge in [0.15, 0.2) is 12.2 Å². The lowest BCUT2D eigenvalue weighted by Crippen LogP contribution is -2.45. The number of nitrogens with one attached hydrogen (secondary N) is 2. The number of carbonyl (C=O) groups is 4. The molecule has 146 valence electrons. The molecular formula is C16H24N2O8. The topological polar surface area (TPSA) is 151 Å². The molecule has 4 N–H and O–H groups in total. The summed E-state index contributed by atoms with van der Waals surface area (Å²) in [5.41, 5.74) is 0. The van der Waals surface area contributed by atoms with Gasteiger partial charge in [-0.25, -0.2) is 9.59 Å². The standard InChI is InChI=1S/C16H24N2O8/c19-11(15(23)25-13(21)9-3-1-5-17-7-9)12(20)16(24)26-14(22)10-4-2-6-18-8-10/h9-12,17-20H,1-8H2/t9-,10-,11?,12?/m0/s1. The molecule has 2 unspecified atom stereocenters. The second-order valence-corrected chi connectivity index (χ2v) is 6.46. The van der Waals surface area contributed by atoms with Crippen LogP contribution in [0.3, 0.4) is 0 Å². The van der Waals surface area contributed by atoms with Crippen LogP contribution in [0, 0.1) is 11.8 Å². The van der Waals surface area contributed by atoms with E-state index in [0.717, 1.165) is 25.9 Å². The maximum Gasteiger partial charge on any atom is 0.346 e. The Morgan fingerprint density at radius 1 is 0.769 bits per heavy atom. The first-order valence-electron chi connectivity index (χ1n) is 8.68. The second-order valence-electron chi connectivity index (χ2n) is 6.46. The van der Waals surface area contributed by atoms with Gasteiger partial charge in [0, 0.05) is 13.1 Å². The van der Waals surface area contributed by atoms with Gasteiger partial charge in [-0.2, -0.15) is 0 Å². The van der Waals surface area contributed by atoms with Crippen LogP contribution in [0.4, 0.5) is 0 Å². The van der Waals surface area contributed by atoms with E-state index in [1.807, 2.05) is 0 Å². The number of esters is 4. The molecule has 10 nitrogen and oxygen atoms in total. The van der Waals surface area contributed by atoms with Crippen molar-refractivity contribution in [3.8, 4) is 0 Å². The lowest BCUT2D eigenvalue weighted by Gasteiger charge is -2.22. The Kier molecular flexibility index (Phi) is 7.64. The first-order chi connectivity index (χ1) is 12.4. The zero-order valence-electron chi connectivity index (χ0n) is 14.3. The Morgan fingerprint density at radius 2 is 1.15 bits per heavy atom. The van der Waals surface area contributed by atoms with Gasteiger partial charge >= 0.3 is 23.9 Å². The zero-order chi connectivity index (χ0) is 19.1. The van der Waals surface area contributed by atoms with Gasteiger partial charge in [0.2, 0.25) is 0 Å². The van der Waals surface area contributed by atoms with Crippen molar-refractivity contribution in [2.75, 3.05) is 26.2 Å². The van der Waals surface area contributed by atoms with Gasteiger partial charge in [0.1, 0.15) is 0 Å². The van der Waals surface area contributed by atoms with Crippen LogP contribution in [0.25, 0.3) is 0 Å². The molecule has 0 aromatic rings. The fraction of sp³-hybridized carbons (Fsp3) is 0.750. The van der Waals surface area contributed by atoms with Gasteiger partial charge in [0.25, 0.3) is 0 Å². The van der Waals surface area contributed by atoms with Gasteiger partial charge in [0.05, 0.1) is 11.8 Å². The molecule has 2 heterocycles. The van der Waals surface area contributed by atoms with Crippen molar-refractivity contribution in [2.24, 2.45) is 11.8 Å². The minimum atomic E-state index is -2.32. The van der Waals surface area contributed by atoms with Crippen molar-refractivity contribution >= 4 is 23.9 Å². The van der Waals surface area contributed by atoms with Crippen molar-refractivity contribution in [2.45, 2.75) is 37.9 Å². The number of ether oxygens (including phenoxy) is 2. The molecule has 0 radical (unpaired) electrons. The summed E-state index contributed by atoms with van der Waals surface area (Å²) >= 11 is 0. The molecular weight excluding hydrogens is 348 g/mol. The quantitative estimate of drug-likeness (QED) is 0.310. The number of aliphatic hydroxyl groups excluding tert-OH is 2. The first kappa shape index (κ1) is 20.4. The number of hydrogen-bond acceptors (Lipinski definition) is 10. The SMILES string of the molecule is O=C(OC(=O)[C@H]1CCCNC1)C(O)C(O)C(=O)OC(=O)[C@H]1CCCNC1. The molecule has 0 bridgehead atoms. The Hall–Kier alpha value is -1.88. The van der Waals surface area contributed by atoms with E-state index in [-0.39, 0.29) is 0 Å². The monoisotopic (exact) mass is 372 g/mol. The summed E-state index contributed by atoms with van der Waals surface area (Å²) in [6.45, 7) is 2.21. The minimum absolute atomic E-state index is 0.344. The molecule has 26 heavy (non-hydrogen) atoms. The van der Waals surface area contributed by atoms with E-state index in [2.05, 4.69) is 20.1 Å². The molecule has 0 aliphatic carbocycles. The van der Waals surface area contributed by atoms with Crippen LogP contribution >= 0.6 is 0 Å². The molecule has 4 atom stereocenters. The number of piperidine rings is 2. The molecule has 0 aromatic heterocycles. The summed E-state index contributed by atoms with van der Waals surface area (Å²) < 4.78 is 9.03. The Balaban J connectivity index is 1.81. The van der Waals surface area contributed by atoms with E-state index in [0.29, 0.717) is 25.9 Å². The van der Waals surface area contributed by atoms with Gasteiger partial charge in [-0.1, -0.05) is 0 Å². The normalized spacial score (nSPS) is 25.6. The third kappa shape index (κ3) is 5.56. The van der Waals surface area contributed by atoms with Crippen molar-refractivity contribution in [1.82, 2.24) is 10.6 Å². The average Bonchev–Trinajstić information content (AvgIpc) is 2.67. The van der Waals surface area contributed by atoms with Gasteiger partial charge in [-0.3, -0.25) is 9.59 Å². The highest BCUT2D eigenvalue weighted by molar-refractivity contribution is 5.95. The summed E-state index contributed by atoms with van der Waals surface area (Å²) in [6.07, 6.45) is -2.10. The van der Waals surface area contributed by atoms with Crippen LogP contribution in [-0.4, -0.2) is 72.5 Å². The fourth-order valence-electron chi connectivity index (χ4n) is 2.85. The molecule has 2 rings (SSSR count). The van der Waals surface area contributed by atoms with Crippen LogP contribution in [0.15, 0.2) is 0 Å². The zero-order valence-corrected chi connectivity index (χ0v) is 14.3. The smallest absolute Gasteiger partial charge is 0.346 e. The van der Waals surface area contributed by atoms with E-state index >= 15 is 0 Å². The average molecular weight is 372 g/mol. The Morgan fingerprint density at radius 3 is 1.46 bits per heavy atom. The minimum Gasteiger partial charge on any atom is -0.391 e. The number of aliphatic hydroxyl groups is 2. The highest BCUT2D eigenvalue weighted by Crippen LogP contribution is 2.14. The van der Waals surface area contributed by atoms with Gasteiger partial charge in [-0.05, 0) is 38.8 Å². The number of hydrogen-bond donors (Lipinski definition) is 4. The molecule has 0 aromatic carbocycles. The highest BCUT2D eigenvalue weighted by atomic mass is 16.6. The second kappa shape index (κ2) is 9.72. The Bertz CT molecular complexity index is 492. The molecule has 0 amide bonds. The third-order valence-corrected chi connectivity index (χ3v) is 4.44. The molecule has 0 spiro atoms. The van der Waals surface area contributed by atoms with E-state index in [1.165, 1.54) is 0 Å². The summed E-state index contributed by atoms with van der Waals surface area (Å²) in [6, 6.07) is 0. The molecule has 10 heteroatoms. The van der Waals surface area contributed by atoms with Gasteiger partial charge < -0.3 is 30.3 Å². The van der Waals surface area contributed by atoms with Crippen molar-refractivity contribution < 1.29 is 38.9 Å². The predicted molar refractivity (Wildman–Crippen MR) is 85.4 cm³/mol. The van der Waals surface area contributed by atoms with Gasteiger partial charge in [-0.15, -0.1) is 0 Å². The van der Waals surface area contributed by atoms with Crippen LogP contribution in [0.2, 0.25) is 0 Å². The van der Waals surface area contributed by atoms with Crippen LogP contribution < -0.4 is 10.6 Å². The lowest BCUT2D eigenvalue weighted by molar-refractivity contribution is -0.183. The number of rotatable bonds is 5. The number of carbonyl (C=O) groups excluding carboxylic acids is 4. The van der Waals surface area contributed by atoms with E-state index < -0.39 is 47.9 Å². The lowest BCUT2D eigenvalue weighted by atomic mass is 10.00. The van der Waals surface area contributed by atoms with Crippen LogP contribution in [-0.2, 0) is 28.7 Å². The van der Waals surface area contributed by atoms with Crippen molar-refractivity contribution in [3.63, 3.8) is 0 Å². The summed E-state index contributed by atoms with van der Waals surface area (Å²) in [5.74, 6) is -5.68. The fourth-order valence-corrected chi connectivity index (χ4v) is 2.85. The van der Waals surface area contributed by atoms with Crippen molar-refractivity contribution in [3.05, 3.63) is 0 Å². The highest BCUT2D eigenvalue weighted by Gasteiger charge is 2.37. The molecule has 2 saturated heterocycles. The largest absolute Gasteiger partial charge is 0.391 e. The van der Waals surface area contributed by atoms with Crippen LogP contribution in [0.5, 0.6) is 0 Å². The molecule has 0 saturated carbocycles. The summed E-state index contributed by atoms with van der Waals surface area (Å²) in [5, 5.41) is 25.4. The molecule has 2 fully saturated rings. The molecule has 2 aliphatic rings. The Labute approximate surface area is 150 Å². The summed E-state index contributed by atoms with van der Waals surface area (Å²) in [4.78, 5) is 47.2. The van der Waals surface area contributed by atoms with E-state index in [4.69, 9.17) is 0 Å². The van der Waals surface area contributed by atoms with Crippen molar-refractivity contribution in [1.29, 1.82) is 0 Å². The van der Waals surface area contributed by atoms with E-state index in [9.17, 15) is 29.4 Å². The van der Waals surface area contributed by atoms with Crippen LogP contribution in [0.1, 0.15) is 25.7 Å². The maximum absolute atomic E-state index is 11.8.